The Labute approximate surface area is 105 Å². The maximum Gasteiger partial charge on any atom is 0.0529 e. The lowest BCUT2D eigenvalue weighted by Crippen LogP contribution is -2.61. The van der Waals surface area contributed by atoms with Crippen LogP contribution in [0.4, 0.5) is 5.69 Å². The molecule has 0 atom stereocenters. The van der Waals surface area contributed by atoms with Gasteiger partial charge in [0.1, 0.15) is 0 Å². The normalized spacial score (nSPS) is 27.6. The van der Waals surface area contributed by atoms with Gasteiger partial charge >= 0.3 is 0 Å². The SMILES string of the molecule is CCN(c1ccc(C)cc1)C1(CN)CC(C)C1. The summed E-state index contributed by atoms with van der Waals surface area (Å²) in [5.74, 6) is 0.818. The summed E-state index contributed by atoms with van der Waals surface area (Å²) in [5.41, 5.74) is 8.87. The maximum atomic E-state index is 6.03. The molecule has 0 radical (unpaired) electrons. The van der Waals surface area contributed by atoms with Gasteiger partial charge in [0.15, 0.2) is 0 Å². The molecule has 94 valence electrons. The fourth-order valence-corrected chi connectivity index (χ4v) is 3.25. The molecule has 0 spiro atoms. The molecule has 2 N–H and O–H groups in total. The van der Waals surface area contributed by atoms with E-state index in [9.17, 15) is 0 Å². The molecule has 0 heterocycles. The summed E-state index contributed by atoms with van der Waals surface area (Å²) in [5, 5.41) is 0. The zero-order valence-electron chi connectivity index (χ0n) is 11.2. The Morgan fingerprint density at radius 1 is 1.29 bits per heavy atom. The summed E-state index contributed by atoms with van der Waals surface area (Å²) in [4.78, 5) is 2.49. The molecule has 1 aromatic carbocycles. The smallest absolute Gasteiger partial charge is 0.0529 e. The Morgan fingerprint density at radius 2 is 1.88 bits per heavy atom. The van der Waals surface area contributed by atoms with Crippen molar-refractivity contribution in [3.05, 3.63) is 29.8 Å². The van der Waals surface area contributed by atoms with E-state index in [0.29, 0.717) is 0 Å². The van der Waals surface area contributed by atoms with Gasteiger partial charge in [-0.05, 0) is 44.7 Å². The topological polar surface area (TPSA) is 29.3 Å². The number of anilines is 1. The van der Waals surface area contributed by atoms with Crippen molar-refractivity contribution >= 4 is 5.69 Å². The molecule has 1 aliphatic carbocycles. The van der Waals surface area contributed by atoms with Crippen LogP contribution >= 0.6 is 0 Å². The van der Waals surface area contributed by atoms with Crippen LogP contribution in [0.1, 0.15) is 32.3 Å². The van der Waals surface area contributed by atoms with Gasteiger partial charge in [-0.3, -0.25) is 0 Å². The van der Waals surface area contributed by atoms with Crippen LogP contribution in [0.3, 0.4) is 0 Å². The van der Waals surface area contributed by atoms with Crippen molar-refractivity contribution < 1.29 is 0 Å². The van der Waals surface area contributed by atoms with Gasteiger partial charge in [0.2, 0.25) is 0 Å². The van der Waals surface area contributed by atoms with Crippen LogP contribution in [0.15, 0.2) is 24.3 Å². The maximum absolute atomic E-state index is 6.03. The van der Waals surface area contributed by atoms with E-state index < -0.39 is 0 Å². The van der Waals surface area contributed by atoms with Gasteiger partial charge in [-0.2, -0.15) is 0 Å². The lowest BCUT2D eigenvalue weighted by atomic mass is 9.68. The number of rotatable bonds is 4. The number of nitrogens with two attached hydrogens (primary N) is 1. The second-order valence-electron chi connectivity index (χ2n) is 5.52. The average molecular weight is 232 g/mol. The van der Waals surface area contributed by atoms with Crippen LogP contribution < -0.4 is 10.6 Å². The van der Waals surface area contributed by atoms with Crippen molar-refractivity contribution in [1.82, 2.24) is 0 Å². The van der Waals surface area contributed by atoms with Crippen LogP contribution in [0.2, 0.25) is 0 Å². The van der Waals surface area contributed by atoms with Gasteiger partial charge in [0, 0.05) is 18.8 Å². The summed E-state index contributed by atoms with van der Waals surface area (Å²) >= 11 is 0. The van der Waals surface area contributed by atoms with Crippen molar-refractivity contribution in [2.45, 2.75) is 39.2 Å². The lowest BCUT2D eigenvalue weighted by molar-refractivity contribution is 0.158. The largest absolute Gasteiger partial charge is 0.365 e. The van der Waals surface area contributed by atoms with Gasteiger partial charge in [0.05, 0.1) is 5.54 Å². The highest BCUT2D eigenvalue weighted by atomic mass is 15.2. The standard InChI is InChI=1S/C15H24N2/c1-4-17(14-7-5-12(2)6-8-14)15(11-16)9-13(3)10-15/h5-8,13H,4,9-11,16H2,1-3H3. The summed E-state index contributed by atoms with van der Waals surface area (Å²) in [6.45, 7) is 8.47. The minimum atomic E-state index is 0.212. The molecule has 2 nitrogen and oxygen atoms in total. The predicted molar refractivity (Wildman–Crippen MR) is 74.4 cm³/mol. The van der Waals surface area contributed by atoms with E-state index in [1.165, 1.54) is 24.1 Å². The van der Waals surface area contributed by atoms with Gasteiger partial charge in [-0.25, -0.2) is 0 Å². The first kappa shape index (κ1) is 12.4. The fraction of sp³-hybridized carbons (Fsp3) is 0.600. The molecular formula is C15H24N2. The molecule has 0 bridgehead atoms. The van der Waals surface area contributed by atoms with Crippen molar-refractivity contribution in [1.29, 1.82) is 0 Å². The molecule has 1 aliphatic rings. The summed E-state index contributed by atoms with van der Waals surface area (Å²) in [7, 11) is 0. The second-order valence-corrected chi connectivity index (χ2v) is 5.52. The molecule has 0 aliphatic heterocycles. The Balaban J connectivity index is 2.24. The molecule has 2 rings (SSSR count). The van der Waals surface area contributed by atoms with E-state index in [4.69, 9.17) is 5.73 Å². The number of aryl methyl sites for hydroxylation is 1. The van der Waals surface area contributed by atoms with Crippen molar-refractivity contribution in [2.75, 3.05) is 18.0 Å². The van der Waals surface area contributed by atoms with Gasteiger partial charge < -0.3 is 10.6 Å². The van der Waals surface area contributed by atoms with Gasteiger partial charge in [0.25, 0.3) is 0 Å². The number of likely N-dealkylation sites (N-methyl/N-ethyl adjacent to an activating group) is 1. The third-order valence-corrected chi connectivity index (χ3v) is 4.07. The van der Waals surface area contributed by atoms with Crippen LogP contribution in [0.25, 0.3) is 0 Å². The van der Waals surface area contributed by atoms with Crippen molar-refractivity contribution in [3.8, 4) is 0 Å². The highest BCUT2D eigenvalue weighted by Gasteiger charge is 2.45. The van der Waals surface area contributed by atoms with Gasteiger partial charge in [-0.1, -0.05) is 24.6 Å². The first-order chi connectivity index (χ1) is 8.11. The van der Waals surface area contributed by atoms with E-state index in [1.807, 2.05) is 0 Å². The average Bonchev–Trinajstić information content (AvgIpc) is 2.29. The number of benzene rings is 1. The van der Waals surface area contributed by atoms with E-state index in [1.54, 1.807) is 0 Å². The van der Waals surface area contributed by atoms with E-state index in [-0.39, 0.29) is 5.54 Å². The quantitative estimate of drug-likeness (QED) is 0.865. The Hall–Kier alpha value is -1.02. The molecule has 1 saturated carbocycles. The van der Waals surface area contributed by atoms with Crippen LogP contribution in [-0.2, 0) is 0 Å². The molecule has 0 saturated heterocycles. The molecule has 17 heavy (non-hydrogen) atoms. The Kier molecular flexibility index (Phi) is 3.43. The zero-order valence-corrected chi connectivity index (χ0v) is 11.2. The van der Waals surface area contributed by atoms with Crippen LogP contribution in [0, 0.1) is 12.8 Å². The lowest BCUT2D eigenvalue weighted by Gasteiger charge is -2.54. The van der Waals surface area contributed by atoms with Crippen molar-refractivity contribution in [3.63, 3.8) is 0 Å². The predicted octanol–water partition coefficient (Wildman–Crippen LogP) is 2.95. The van der Waals surface area contributed by atoms with E-state index in [2.05, 4.69) is 49.9 Å². The van der Waals surface area contributed by atoms with Crippen molar-refractivity contribution in [2.24, 2.45) is 11.7 Å². The summed E-state index contributed by atoms with van der Waals surface area (Å²) in [6, 6.07) is 8.81. The minimum Gasteiger partial charge on any atom is -0.365 e. The molecule has 1 fully saturated rings. The van der Waals surface area contributed by atoms with Gasteiger partial charge in [-0.15, -0.1) is 0 Å². The van der Waals surface area contributed by atoms with E-state index >= 15 is 0 Å². The highest BCUT2D eigenvalue weighted by Crippen LogP contribution is 2.43. The Bertz CT molecular complexity index is 363. The molecule has 2 heteroatoms. The van der Waals surface area contributed by atoms with E-state index in [0.717, 1.165) is 19.0 Å². The molecule has 1 aromatic rings. The summed E-state index contributed by atoms with van der Waals surface area (Å²) < 4.78 is 0. The first-order valence-corrected chi connectivity index (χ1v) is 6.65. The molecular weight excluding hydrogens is 208 g/mol. The third-order valence-electron chi connectivity index (χ3n) is 4.07. The molecule has 0 amide bonds. The first-order valence-electron chi connectivity index (χ1n) is 6.65. The third kappa shape index (κ3) is 2.19. The minimum absolute atomic E-state index is 0.212. The zero-order chi connectivity index (χ0) is 12.5. The van der Waals surface area contributed by atoms with Crippen LogP contribution in [0.5, 0.6) is 0 Å². The summed E-state index contributed by atoms with van der Waals surface area (Å²) in [6.07, 6.45) is 2.45. The Morgan fingerprint density at radius 3 is 2.29 bits per heavy atom. The molecule has 0 unspecified atom stereocenters. The number of hydrogen-bond acceptors (Lipinski definition) is 2. The number of nitrogens with zero attached hydrogens (tertiary/aromatic N) is 1. The fourth-order valence-electron chi connectivity index (χ4n) is 3.25. The van der Waals surface area contributed by atoms with Crippen LogP contribution in [-0.4, -0.2) is 18.6 Å². The highest BCUT2D eigenvalue weighted by molar-refractivity contribution is 5.51. The molecule has 0 aromatic heterocycles. The number of hydrogen-bond donors (Lipinski definition) is 1. The monoisotopic (exact) mass is 232 g/mol. The second kappa shape index (κ2) is 4.69.